The molecule has 2 aromatic rings. The summed E-state index contributed by atoms with van der Waals surface area (Å²) in [6.45, 7) is 1.23. The molecule has 2 rings (SSSR count). The van der Waals surface area contributed by atoms with Gasteiger partial charge in [0.05, 0.1) is 0 Å². The third-order valence-corrected chi connectivity index (χ3v) is 3.26. The van der Waals surface area contributed by atoms with E-state index in [1.165, 1.54) is 16.9 Å². The summed E-state index contributed by atoms with van der Waals surface area (Å²) in [6.07, 6.45) is 2.05. The summed E-state index contributed by atoms with van der Waals surface area (Å²) in [5.74, 6) is 0. The molecule has 5 heteroatoms. The van der Waals surface area contributed by atoms with Crippen LogP contribution in [0.25, 0.3) is 0 Å². The molecule has 17 heavy (non-hydrogen) atoms. The quantitative estimate of drug-likeness (QED) is 0.754. The molecule has 0 N–H and O–H groups in total. The van der Waals surface area contributed by atoms with E-state index in [1.807, 2.05) is 6.07 Å². The molecule has 0 atom stereocenters. The zero-order chi connectivity index (χ0) is 11.9. The first kappa shape index (κ1) is 12.5. The zero-order valence-electron chi connectivity index (χ0n) is 9.30. The first-order chi connectivity index (χ1) is 8.34. The Bertz CT molecular complexity index is 447. The maximum absolute atomic E-state index is 5.67. The van der Waals surface area contributed by atoms with Crippen LogP contribution in [0.5, 0.6) is 0 Å². The van der Waals surface area contributed by atoms with Crippen molar-refractivity contribution in [3.8, 4) is 0 Å². The highest BCUT2D eigenvalue weighted by molar-refractivity contribution is 7.15. The van der Waals surface area contributed by atoms with Crippen LogP contribution in [0.4, 0.5) is 0 Å². The van der Waals surface area contributed by atoms with Gasteiger partial charge >= 0.3 is 0 Å². The predicted octanol–water partition coefficient (Wildman–Crippen LogP) is 3.34. The van der Waals surface area contributed by atoms with Crippen molar-refractivity contribution in [1.29, 1.82) is 0 Å². The van der Waals surface area contributed by atoms with Crippen LogP contribution < -0.4 is 0 Å². The standard InChI is InChI=1S/C12H13ClN2OS/c13-12-15-14-11(17-12)9-16-8-4-7-10-5-2-1-3-6-10/h1-3,5-6H,4,7-9H2. The van der Waals surface area contributed by atoms with Gasteiger partial charge in [-0.1, -0.05) is 41.7 Å². The van der Waals surface area contributed by atoms with Gasteiger partial charge in [-0.15, -0.1) is 10.2 Å². The fourth-order valence-electron chi connectivity index (χ4n) is 1.47. The fourth-order valence-corrected chi connectivity index (χ4v) is 2.28. The van der Waals surface area contributed by atoms with Gasteiger partial charge in [-0.3, -0.25) is 0 Å². The average molecular weight is 269 g/mol. The molecule has 3 nitrogen and oxygen atoms in total. The van der Waals surface area contributed by atoms with Gasteiger partial charge in [-0.2, -0.15) is 0 Å². The highest BCUT2D eigenvalue weighted by Gasteiger charge is 2.01. The lowest BCUT2D eigenvalue weighted by Gasteiger charge is -2.02. The summed E-state index contributed by atoms with van der Waals surface area (Å²) in [4.78, 5) is 0. The molecule has 0 amide bonds. The molecule has 0 fully saturated rings. The van der Waals surface area contributed by atoms with E-state index in [9.17, 15) is 0 Å². The van der Waals surface area contributed by atoms with E-state index in [0.717, 1.165) is 24.5 Å². The Morgan fingerprint density at radius 1 is 1.18 bits per heavy atom. The predicted molar refractivity (Wildman–Crippen MR) is 69.3 cm³/mol. The first-order valence-electron chi connectivity index (χ1n) is 5.44. The minimum Gasteiger partial charge on any atom is -0.374 e. The first-order valence-corrected chi connectivity index (χ1v) is 6.63. The molecule has 0 aliphatic rings. The summed E-state index contributed by atoms with van der Waals surface area (Å²) in [5.41, 5.74) is 1.34. The van der Waals surface area contributed by atoms with Crippen molar-refractivity contribution >= 4 is 22.9 Å². The Morgan fingerprint density at radius 3 is 2.71 bits per heavy atom. The molecule has 1 aromatic heterocycles. The third-order valence-electron chi connectivity index (χ3n) is 2.26. The molecule has 0 saturated carbocycles. The minimum absolute atomic E-state index is 0.466. The number of benzene rings is 1. The normalized spacial score (nSPS) is 10.6. The van der Waals surface area contributed by atoms with E-state index in [2.05, 4.69) is 34.5 Å². The van der Waals surface area contributed by atoms with E-state index in [4.69, 9.17) is 16.3 Å². The van der Waals surface area contributed by atoms with Crippen molar-refractivity contribution in [1.82, 2.24) is 10.2 Å². The molecule has 0 aliphatic heterocycles. The molecule has 90 valence electrons. The van der Waals surface area contributed by atoms with Gasteiger partial charge in [-0.25, -0.2) is 0 Å². The van der Waals surface area contributed by atoms with Crippen molar-refractivity contribution in [2.45, 2.75) is 19.4 Å². The van der Waals surface area contributed by atoms with Crippen LogP contribution in [0.15, 0.2) is 30.3 Å². The van der Waals surface area contributed by atoms with Crippen molar-refractivity contribution in [2.24, 2.45) is 0 Å². The molecule has 0 radical (unpaired) electrons. The summed E-state index contributed by atoms with van der Waals surface area (Å²) in [7, 11) is 0. The molecule has 1 heterocycles. The smallest absolute Gasteiger partial charge is 0.207 e. The average Bonchev–Trinajstić information content (AvgIpc) is 2.76. The van der Waals surface area contributed by atoms with E-state index >= 15 is 0 Å². The highest BCUT2D eigenvalue weighted by atomic mass is 35.5. The Balaban J connectivity index is 1.61. The Kier molecular flexibility index (Phi) is 4.91. The number of hydrogen-bond acceptors (Lipinski definition) is 4. The second-order valence-corrected chi connectivity index (χ2v) is 5.23. The maximum atomic E-state index is 5.67. The number of ether oxygens (including phenoxy) is 1. The van der Waals surface area contributed by atoms with Gasteiger partial charge in [-0.05, 0) is 30.0 Å². The second kappa shape index (κ2) is 6.69. The van der Waals surface area contributed by atoms with E-state index in [1.54, 1.807) is 0 Å². The maximum Gasteiger partial charge on any atom is 0.207 e. The van der Waals surface area contributed by atoms with Gasteiger partial charge in [0.25, 0.3) is 0 Å². The van der Waals surface area contributed by atoms with Crippen LogP contribution in [0.1, 0.15) is 17.0 Å². The topological polar surface area (TPSA) is 35.0 Å². The molecule has 1 aromatic carbocycles. The summed E-state index contributed by atoms with van der Waals surface area (Å²) in [6, 6.07) is 10.4. The van der Waals surface area contributed by atoms with E-state index in [0.29, 0.717) is 11.1 Å². The fraction of sp³-hybridized carbons (Fsp3) is 0.333. The van der Waals surface area contributed by atoms with Crippen LogP contribution in [0.3, 0.4) is 0 Å². The van der Waals surface area contributed by atoms with Gasteiger partial charge in [0.2, 0.25) is 4.47 Å². The lowest BCUT2D eigenvalue weighted by Crippen LogP contribution is -1.97. The van der Waals surface area contributed by atoms with Crippen LogP contribution in [-0.2, 0) is 17.8 Å². The molecule has 0 aliphatic carbocycles. The molecule has 0 unspecified atom stereocenters. The zero-order valence-corrected chi connectivity index (χ0v) is 10.9. The molecule has 0 spiro atoms. The van der Waals surface area contributed by atoms with Crippen LogP contribution in [-0.4, -0.2) is 16.8 Å². The number of halogens is 1. The number of aryl methyl sites for hydroxylation is 1. The van der Waals surface area contributed by atoms with E-state index < -0.39 is 0 Å². The van der Waals surface area contributed by atoms with Gasteiger partial charge in [0, 0.05) is 6.61 Å². The Hall–Kier alpha value is -0.970. The van der Waals surface area contributed by atoms with Crippen molar-refractivity contribution in [2.75, 3.05) is 6.61 Å². The molecule has 0 saturated heterocycles. The molecular weight excluding hydrogens is 256 g/mol. The second-order valence-electron chi connectivity index (χ2n) is 3.59. The molecular formula is C12H13ClN2OS. The van der Waals surface area contributed by atoms with Crippen molar-refractivity contribution < 1.29 is 4.74 Å². The third kappa shape index (κ3) is 4.42. The van der Waals surface area contributed by atoms with Gasteiger partial charge in [0.15, 0.2) is 0 Å². The lowest BCUT2D eigenvalue weighted by molar-refractivity contribution is 0.118. The number of rotatable bonds is 6. The SMILES string of the molecule is Clc1nnc(COCCCc2ccccc2)s1. The monoisotopic (exact) mass is 268 g/mol. The van der Waals surface area contributed by atoms with Crippen LogP contribution in [0, 0.1) is 0 Å². The largest absolute Gasteiger partial charge is 0.374 e. The Morgan fingerprint density at radius 2 is 2.00 bits per heavy atom. The highest BCUT2D eigenvalue weighted by Crippen LogP contribution is 2.15. The van der Waals surface area contributed by atoms with Crippen LogP contribution in [0.2, 0.25) is 4.47 Å². The van der Waals surface area contributed by atoms with E-state index in [-0.39, 0.29) is 0 Å². The summed E-state index contributed by atoms with van der Waals surface area (Å²) < 4.78 is 5.97. The minimum atomic E-state index is 0.466. The summed E-state index contributed by atoms with van der Waals surface area (Å²) in [5, 5.41) is 8.43. The lowest BCUT2D eigenvalue weighted by atomic mass is 10.1. The van der Waals surface area contributed by atoms with Gasteiger partial charge < -0.3 is 4.74 Å². The number of aromatic nitrogens is 2. The number of hydrogen-bond donors (Lipinski definition) is 0. The Labute approximate surface area is 109 Å². The van der Waals surface area contributed by atoms with Gasteiger partial charge in [0.1, 0.15) is 11.6 Å². The molecule has 0 bridgehead atoms. The van der Waals surface area contributed by atoms with Crippen molar-refractivity contribution in [3.05, 3.63) is 45.4 Å². The number of nitrogens with zero attached hydrogens (tertiary/aromatic N) is 2. The summed E-state index contributed by atoms with van der Waals surface area (Å²) >= 11 is 7.03. The van der Waals surface area contributed by atoms with Crippen LogP contribution >= 0.6 is 22.9 Å². The van der Waals surface area contributed by atoms with Crippen molar-refractivity contribution in [3.63, 3.8) is 0 Å².